The maximum absolute atomic E-state index is 12.5. The molecule has 0 heterocycles. The minimum absolute atomic E-state index is 0.455. The third-order valence-corrected chi connectivity index (χ3v) is 7.92. The van der Waals surface area contributed by atoms with Gasteiger partial charge in [-0.25, -0.2) is 0 Å². The summed E-state index contributed by atoms with van der Waals surface area (Å²) in [5.74, 6) is 0. The van der Waals surface area contributed by atoms with Crippen LogP contribution >= 0.6 is 0 Å². The van der Waals surface area contributed by atoms with E-state index in [0.29, 0.717) is 10.4 Å². The Kier molecular flexibility index (Phi) is 8.00. The summed E-state index contributed by atoms with van der Waals surface area (Å²) in [5, 5.41) is 0.910. The van der Waals surface area contributed by atoms with Crippen molar-refractivity contribution in [3.05, 3.63) is 60.7 Å². The van der Waals surface area contributed by atoms with Gasteiger partial charge in [-0.3, -0.25) is 4.55 Å². The fourth-order valence-corrected chi connectivity index (χ4v) is 5.61. The van der Waals surface area contributed by atoms with Gasteiger partial charge >= 0.3 is 31.3 Å². The van der Waals surface area contributed by atoms with E-state index in [1.165, 1.54) is 0 Å². The molecule has 29 heavy (non-hydrogen) atoms. The normalized spacial score (nSPS) is 13.0. The van der Waals surface area contributed by atoms with Crippen molar-refractivity contribution in [2.24, 2.45) is 0 Å². The van der Waals surface area contributed by atoms with Crippen LogP contribution in [0.2, 0.25) is 0 Å². The number of benzene rings is 2. The fraction of sp³-hybridized carbons (Fsp3) is 0.143. The summed E-state index contributed by atoms with van der Waals surface area (Å²) in [7, 11) is -14.5. The Balaban J connectivity index is 0.000000447. The van der Waals surface area contributed by atoms with Crippen molar-refractivity contribution in [3.8, 4) is 0 Å². The lowest BCUT2D eigenvalue weighted by Gasteiger charge is -2.17. The van der Waals surface area contributed by atoms with Crippen molar-refractivity contribution in [3.63, 3.8) is 0 Å². The molecule has 1 N–H and O–H groups in total. The molecule has 15 heteroatoms. The van der Waals surface area contributed by atoms with Crippen molar-refractivity contribution in [1.29, 1.82) is 0 Å². The third-order valence-electron chi connectivity index (χ3n) is 3.00. The summed E-state index contributed by atoms with van der Waals surface area (Å²) in [5.41, 5.74) is -11.0. The molecular weight excluding hydrogens is 470 g/mol. The summed E-state index contributed by atoms with van der Waals surface area (Å²) in [6.45, 7) is 0. The molecular formula is C14H12F6O6S2Si. The fourth-order valence-electron chi connectivity index (χ4n) is 1.74. The Labute approximate surface area is 163 Å². The number of rotatable bonds is 4. The molecule has 0 saturated carbocycles. The average Bonchev–Trinajstić information content (AvgIpc) is 2.59. The lowest BCUT2D eigenvalue weighted by Crippen LogP contribution is -2.48. The van der Waals surface area contributed by atoms with E-state index in [9.17, 15) is 34.8 Å². The van der Waals surface area contributed by atoms with Crippen molar-refractivity contribution in [2.75, 3.05) is 0 Å². The zero-order valence-corrected chi connectivity index (χ0v) is 16.7. The Morgan fingerprint density at radius 2 is 1.00 bits per heavy atom. The molecule has 0 aliphatic rings. The average molecular weight is 482 g/mol. The molecule has 2 aromatic carbocycles. The summed E-state index contributed by atoms with van der Waals surface area (Å²) in [4.78, 5) is 0. The summed E-state index contributed by atoms with van der Waals surface area (Å²) in [6.07, 6.45) is 0. The first kappa shape index (κ1) is 25.1. The molecule has 6 nitrogen and oxygen atoms in total. The highest BCUT2D eigenvalue weighted by Gasteiger charge is 2.49. The molecule has 0 aliphatic heterocycles. The van der Waals surface area contributed by atoms with E-state index in [1.54, 1.807) is 60.7 Å². The Morgan fingerprint density at radius 1 is 0.690 bits per heavy atom. The van der Waals surface area contributed by atoms with E-state index in [0.717, 1.165) is 0 Å². The lowest BCUT2D eigenvalue weighted by atomic mass is 10.4. The maximum Gasteiger partial charge on any atom is 0.522 e. The van der Waals surface area contributed by atoms with Crippen LogP contribution in [0.3, 0.4) is 0 Å². The second-order valence-electron chi connectivity index (χ2n) is 5.12. The van der Waals surface area contributed by atoms with Gasteiger partial charge in [0, 0.05) is 0 Å². The summed E-state index contributed by atoms with van der Waals surface area (Å²) >= 11 is 0. The van der Waals surface area contributed by atoms with Gasteiger partial charge in [-0.05, 0) is 10.4 Å². The van der Waals surface area contributed by atoms with Gasteiger partial charge in [0.2, 0.25) is 0 Å². The molecule has 2 rings (SSSR count). The molecule has 0 saturated heterocycles. The number of alkyl halides is 6. The van der Waals surface area contributed by atoms with E-state index < -0.39 is 40.3 Å². The zero-order valence-electron chi connectivity index (χ0n) is 13.9. The smallest absolute Gasteiger partial charge is 0.301 e. The van der Waals surface area contributed by atoms with E-state index >= 15 is 0 Å². The molecule has 0 bridgehead atoms. The predicted octanol–water partition coefficient (Wildman–Crippen LogP) is 1.78. The molecule has 162 valence electrons. The van der Waals surface area contributed by atoms with Crippen molar-refractivity contribution >= 4 is 39.6 Å². The van der Waals surface area contributed by atoms with E-state index in [-0.39, 0.29) is 0 Å². The van der Waals surface area contributed by atoms with Crippen LogP contribution in [-0.2, 0) is 24.1 Å². The first-order valence-corrected chi connectivity index (χ1v) is 11.7. The quantitative estimate of drug-likeness (QED) is 0.309. The molecule has 0 aromatic heterocycles. The molecule has 0 atom stereocenters. The van der Waals surface area contributed by atoms with Gasteiger partial charge in [0.25, 0.3) is 9.04 Å². The van der Waals surface area contributed by atoms with E-state index in [1.807, 2.05) is 0 Å². The summed E-state index contributed by atoms with van der Waals surface area (Å²) in [6, 6.07) is 16.2. The van der Waals surface area contributed by atoms with Crippen LogP contribution in [0, 0.1) is 0 Å². The Bertz CT molecular complexity index is 953. The lowest BCUT2D eigenvalue weighted by molar-refractivity contribution is -0.0512. The third kappa shape index (κ3) is 7.43. The van der Waals surface area contributed by atoms with E-state index in [4.69, 9.17) is 13.0 Å². The number of hydrogen-bond acceptors (Lipinski definition) is 5. The minimum Gasteiger partial charge on any atom is -0.301 e. The molecule has 0 aliphatic carbocycles. The molecule has 0 spiro atoms. The van der Waals surface area contributed by atoms with Gasteiger partial charge in [-0.1, -0.05) is 60.7 Å². The second kappa shape index (κ2) is 9.25. The van der Waals surface area contributed by atoms with Crippen molar-refractivity contribution in [1.82, 2.24) is 0 Å². The molecule has 2 aromatic rings. The Morgan fingerprint density at radius 3 is 1.24 bits per heavy atom. The second-order valence-corrected chi connectivity index (χ2v) is 10.8. The van der Waals surface area contributed by atoms with Gasteiger partial charge in [0.15, 0.2) is 0 Å². The van der Waals surface area contributed by atoms with Gasteiger partial charge in [-0.15, -0.1) is 0 Å². The van der Waals surface area contributed by atoms with Crippen LogP contribution in [-0.4, -0.2) is 41.4 Å². The van der Waals surface area contributed by atoms with Crippen LogP contribution in [0.1, 0.15) is 0 Å². The number of hydrogen-bond donors (Lipinski definition) is 1. The minimum atomic E-state index is -5.84. The van der Waals surface area contributed by atoms with Crippen LogP contribution in [0.15, 0.2) is 60.7 Å². The first-order chi connectivity index (χ1) is 13.1. The number of halogens is 6. The highest BCUT2D eigenvalue weighted by Crippen LogP contribution is 2.25. The van der Waals surface area contributed by atoms with Gasteiger partial charge in [-0.2, -0.15) is 43.2 Å². The monoisotopic (exact) mass is 482 g/mol. The van der Waals surface area contributed by atoms with Crippen LogP contribution in [0.4, 0.5) is 26.3 Å². The first-order valence-electron chi connectivity index (χ1n) is 7.19. The molecule has 0 unspecified atom stereocenters. The topological polar surface area (TPSA) is 97.7 Å². The van der Waals surface area contributed by atoms with Gasteiger partial charge < -0.3 is 3.87 Å². The highest BCUT2D eigenvalue weighted by atomic mass is 32.2. The standard InChI is InChI=1S/C13H11F3O3SSi.CHF3O3S/c14-13(15,16)20(17,18)19-21(11-7-3-1-4-8-11)12-9-5-2-6-10-12;2-1(3,4)8(5,6)7/h1-10,21H;(H,5,6,7). The Hall–Kier alpha value is -1.94. The molecule has 0 radical (unpaired) electrons. The SMILES string of the molecule is O=S(=O)(O)C(F)(F)F.O=S(=O)(O[SiH](c1ccccc1)c1ccccc1)C(F)(F)F. The highest BCUT2D eigenvalue weighted by molar-refractivity contribution is 7.88. The van der Waals surface area contributed by atoms with Crippen LogP contribution < -0.4 is 10.4 Å². The van der Waals surface area contributed by atoms with Crippen molar-refractivity contribution < 1.29 is 51.6 Å². The van der Waals surface area contributed by atoms with Gasteiger partial charge in [0.1, 0.15) is 0 Å². The van der Waals surface area contributed by atoms with Crippen LogP contribution in [0.25, 0.3) is 0 Å². The van der Waals surface area contributed by atoms with Gasteiger partial charge in [0.05, 0.1) is 0 Å². The summed E-state index contributed by atoms with van der Waals surface area (Å²) < 4.78 is 122. The zero-order chi connectivity index (χ0) is 22.5. The van der Waals surface area contributed by atoms with Crippen molar-refractivity contribution in [2.45, 2.75) is 11.0 Å². The predicted molar refractivity (Wildman–Crippen MR) is 93.0 cm³/mol. The maximum atomic E-state index is 12.5. The van der Waals surface area contributed by atoms with Crippen LogP contribution in [0.5, 0.6) is 0 Å². The largest absolute Gasteiger partial charge is 0.522 e. The molecule has 0 amide bonds. The molecule has 0 fully saturated rings. The van der Waals surface area contributed by atoms with E-state index in [2.05, 4.69) is 3.87 Å².